The number of para-hydroxylation sites is 1. The number of anilines is 1. The third kappa shape index (κ3) is 4.07. The lowest BCUT2D eigenvalue weighted by atomic mass is 10.0. The van der Waals surface area contributed by atoms with Crippen molar-refractivity contribution in [2.45, 2.75) is 26.3 Å². The third-order valence-corrected chi connectivity index (χ3v) is 3.44. The van der Waals surface area contributed by atoms with Gasteiger partial charge >= 0.3 is 0 Å². The Labute approximate surface area is 126 Å². The molecule has 0 unspecified atom stereocenters. The Hall–Kier alpha value is -1.87. The fourth-order valence-electron chi connectivity index (χ4n) is 2.07. The Morgan fingerprint density at radius 3 is 2.30 bits per heavy atom. The van der Waals surface area contributed by atoms with Gasteiger partial charge in [0.2, 0.25) is 0 Å². The molecule has 2 nitrogen and oxygen atoms in total. The molecule has 2 aromatic carbocycles. The first-order chi connectivity index (χ1) is 9.69. The second kappa shape index (κ2) is 7.06. The zero-order chi connectivity index (χ0) is 14.4. The molecule has 0 spiro atoms. The highest BCUT2D eigenvalue weighted by Gasteiger charge is 2.10. The van der Waals surface area contributed by atoms with Crippen molar-refractivity contribution >= 4 is 23.0 Å². The summed E-state index contributed by atoms with van der Waals surface area (Å²) < 4.78 is 0. The molecule has 20 heavy (non-hydrogen) atoms. The van der Waals surface area contributed by atoms with E-state index >= 15 is 0 Å². The average molecular weight is 284 g/mol. The first kappa shape index (κ1) is 14.5. The van der Waals surface area contributed by atoms with Crippen LogP contribution in [0.25, 0.3) is 0 Å². The number of nitrogens with one attached hydrogen (secondary N) is 2. The Morgan fingerprint density at radius 1 is 1.05 bits per heavy atom. The molecular formula is C17H20N2S. The lowest BCUT2D eigenvalue weighted by Gasteiger charge is -2.20. The fourth-order valence-corrected chi connectivity index (χ4v) is 2.33. The Bertz CT molecular complexity index is 549. The van der Waals surface area contributed by atoms with E-state index in [2.05, 4.69) is 48.7 Å². The van der Waals surface area contributed by atoms with Crippen LogP contribution in [0.2, 0.25) is 0 Å². The molecule has 3 heteroatoms. The van der Waals surface area contributed by atoms with Gasteiger partial charge in [-0.25, -0.2) is 0 Å². The standard InChI is InChI=1S/C17H20N2S/c1-3-16(14-11-9-13(2)10-12-14)19-17(20)18-15-7-5-4-6-8-15/h4-12,16H,3H2,1-2H3,(H2,18,19,20)/t16-/m1/s1. The van der Waals surface area contributed by atoms with Crippen molar-refractivity contribution in [1.82, 2.24) is 5.32 Å². The first-order valence-electron chi connectivity index (χ1n) is 6.88. The molecule has 0 heterocycles. The molecule has 0 amide bonds. The molecule has 2 rings (SSSR count). The number of hydrogen-bond donors (Lipinski definition) is 2. The van der Waals surface area contributed by atoms with Crippen LogP contribution in [-0.2, 0) is 0 Å². The van der Waals surface area contributed by atoms with Crippen LogP contribution in [-0.4, -0.2) is 5.11 Å². The van der Waals surface area contributed by atoms with Crippen LogP contribution in [0.15, 0.2) is 54.6 Å². The van der Waals surface area contributed by atoms with Gasteiger partial charge in [0.15, 0.2) is 5.11 Å². The van der Waals surface area contributed by atoms with Crippen LogP contribution in [0.5, 0.6) is 0 Å². The summed E-state index contributed by atoms with van der Waals surface area (Å²) in [4.78, 5) is 0. The van der Waals surface area contributed by atoms with Crippen LogP contribution >= 0.6 is 12.2 Å². The van der Waals surface area contributed by atoms with E-state index in [9.17, 15) is 0 Å². The van der Waals surface area contributed by atoms with E-state index in [1.165, 1.54) is 11.1 Å². The minimum Gasteiger partial charge on any atom is -0.356 e. The molecule has 0 radical (unpaired) electrons. The van der Waals surface area contributed by atoms with Gasteiger partial charge in [0.05, 0.1) is 6.04 Å². The van der Waals surface area contributed by atoms with Crippen LogP contribution in [0.1, 0.15) is 30.5 Å². The van der Waals surface area contributed by atoms with Crippen LogP contribution in [0.3, 0.4) is 0 Å². The Balaban J connectivity index is 1.99. The van der Waals surface area contributed by atoms with Crippen molar-refractivity contribution in [3.63, 3.8) is 0 Å². The molecule has 0 aliphatic carbocycles. The van der Waals surface area contributed by atoms with Gasteiger partial charge < -0.3 is 10.6 Å². The van der Waals surface area contributed by atoms with Crippen molar-refractivity contribution in [2.24, 2.45) is 0 Å². The molecular weight excluding hydrogens is 264 g/mol. The minimum absolute atomic E-state index is 0.235. The van der Waals surface area contributed by atoms with Crippen molar-refractivity contribution in [2.75, 3.05) is 5.32 Å². The minimum atomic E-state index is 0.235. The fraction of sp³-hybridized carbons (Fsp3) is 0.235. The van der Waals surface area contributed by atoms with E-state index in [0.717, 1.165) is 12.1 Å². The maximum absolute atomic E-state index is 5.38. The summed E-state index contributed by atoms with van der Waals surface area (Å²) in [7, 11) is 0. The average Bonchev–Trinajstić information content (AvgIpc) is 2.47. The highest BCUT2D eigenvalue weighted by atomic mass is 32.1. The molecule has 0 fully saturated rings. The van der Waals surface area contributed by atoms with Gasteiger partial charge in [-0.05, 0) is 43.3 Å². The third-order valence-electron chi connectivity index (χ3n) is 3.22. The van der Waals surface area contributed by atoms with Gasteiger partial charge in [-0.3, -0.25) is 0 Å². The molecule has 0 bridgehead atoms. The summed E-state index contributed by atoms with van der Waals surface area (Å²) in [5, 5.41) is 7.24. The molecule has 0 aromatic heterocycles. The Kier molecular flexibility index (Phi) is 5.13. The van der Waals surface area contributed by atoms with Gasteiger partial charge in [0.1, 0.15) is 0 Å². The molecule has 0 aliphatic heterocycles. The number of hydrogen-bond acceptors (Lipinski definition) is 1. The van der Waals surface area contributed by atoms with Gasteiger partial charge in [0, 0.05) is 5.69 Å². The van der Waals surface area contributed by atoms with E-state index < -0.39 is 0 Å². The summed E-state index contributed by atoms with van der Waals surface area (Å²) in [6.07, 6.45) is 0.986. The topological polar surface area (TPSA) is 24.1 Å². The monoisotopic (exact) mass is 284 g/mol. The van der Waals surface area contributed by atoms with E-state index in [-0.39, 0.29) is 6.04 Å². The maximum Gasteiger partial charge on any atom is 0.171 e. The lowest BCUT2D eigenvalue weighted by Crippen LogP contribution is -2.32. The predicted molar refractivity (Wildman–Crippen MR) is 90.0 cm³/mol. The lowest BCUT2D eigenvalue weighted by molar-refractivity contribution is 0.629. The smallest absolute Gasteiger partial charge is 0.171 e. The molecule has 2 N–H and O–H groups in total. The summed E-state index contributed by atoms with van der Waals surface area (Å²) in [6.45, 7) is 4.25. The molecule has 1 atom stereocenters. The largest absolute Gasteiger partial charge is 0.356 e. The zero-order valence-electron chi connectivity index (χ0n) is 11.9. The van der Waals surface area contributed by atoms with Crippen molar-refractivity contribution < 1.29 is 0 Å². The van der Waals surface area contributed by atoms with E-state index in [0.29, 0.717) is 5.11 Å². The van der Waals surface area contributed by atoms with Crippen molar-refractivity contribution in [3.8, 4) is 0 Å². The summed E-state index contributed by atoms with van der Waals surface area (Å²) in [5.74, 6) is 0. The highest BCUT2D eigenvalue weighted by molar-refractivity contribution is 7.80. The van der Waals surface area contributed by atoms with Gasteiger partial charge in [0.25, 0.3) is 0 Å². The van der Waals surface area contributed by atoms with Crippen molar-refractivity contribution in [1.29, 1.82) is 0 Å². The number of rotatable bonds is 4. The predicted octanol–water partition coefficient (Wildman–Crippen LogP) is 4.43. The van der Waals surface area contributed by atoms with E-state index in [1.54, 1.807) is 0 Å². The first-order valence-corrected chi connectivity index (χ1v) is 7.29. The number of aryl methyl sites for hydroxylation is 1. The summed E-state index contributed by atoms with van der Waals surface area (Å²) in [6, 6.07) is 18.8. The van der Waals surface area contributed by atoms with E-state index in [1.807, 2.05) is 30.3 Å². The molecule has 2 aromatic rings. The molecule has 0 saturated heterocycles. The van der Waals surface area contributed by atoms with Gasteiger partial charge in [-0.15, -0.1) is 0 Å². The SMILES string of the molecule is CC[C@@H](NC(=S)Nc1ccccc1)c1ccc(C)cc1. The molecule has 0 saturated carbocycles. The van der Waals surface area contributed by atoms with Gasteiger partial charge in [-0.1, -0.05) is 55.0 Å². The normalized spacial score (nSPS) is 11.7. The van der Waals surface area contributed by atoms with Crippen LogP contribution in [0.4, 0.5) is 5.69 Å². The quantitative estimate of drug-likeness (QED) is 0.812. The molecule has 104 valence electrons. The maximum atomic E-state index is 5.38. The van der Waals surface area contributed by atoms with Crippen LogP contribution < -0.4 is 10.6 Å². The summed E-state index contributed by atoms with van der Waals surface area (Å²) >= 11 is 5.38. The number of thiocarbonyl (C=S) groups is 1. The van der Waals surface area contributed by atoms with Crippen LogP contribution in [0, 0.1) is 6.92 Å². The number of benzene rings is 2. The Morgan fingerprint density at radius 2 is 1.70 bits per heavy atom. The second-order valence-corrected chi connectivity index (χ2v) is 5.24. The zero-order valence-corrected chi connectivity index (χ0v) is 12.7. The molecule has 0 aliphatic rings. The van der Waals surface area contributed by atoms with Gasteiger partial charge in [-0.2, -0.15) is 0 Å². The highest BCUT2D eigenvalue weighted by Crippen LogP contribution is 2.17. The second-order valence-electron chi connectivity index (χ2n) is 4.84. The van der Waals surface area contributed by atoms with E-state index in [4.69, 9.17) is 12.2 Å². The summed E-state index contributed by atoms with van der Waals surface area (Å²) in [5.41, 5.74) is 3.53. The van der Waals surface area contributed by atoms with Crippen molar-refractivity contribution in [3.05, 3.63) is 65.7 Å².